The second kappa shape index (κ2) is 49.6. The third-order valence-corrected chi connectivity index (χ3v) is 19.8. The van der Waals surface area contributed by atoms with Gasteiger partial charge in [-0.2, -0.15) is 21.9 Å². The molecular formula is C63H71N19Na2O30S4+4. The molecule has 4 aromatic rings. The van der Waals surface area contributed by atoms with Crippen LogP contribution in [-0.2, 0) is 98.9 Å². The van der Waals surface area contributed by atoms with Crippen molar-refractivity contribution in [2.45, 2.75) is 113 Å². The summed E-state index contributed by atoms with van der Waals surface area (Å²) in [4.78, 5) is 214. The molecule has 118 heavy (non-hydrogen) atoms. The zero-order valence-corrected chi connectivity index (χ0v) is 69.6. The Morgan fingerprint density at radius 2 is 0.839 bits per heavy atom. The maximum atomic E-state index is 12.3. The number of nitrogens with zero attached hydrogens (tertiary/aromatic N) is 16. The molecule has 4 saturated heterocycles. The van der Waals surface area contributed by atoms with Crippen molar-refractivity contribution in [1.82, 2.24) is 25.6 Å². The summed E-state index contributed by atoms with van der Waals surface area (Å²) < 4.78 is 62.1. The third kappa shape index (κ3) is 31.9. The Hall–Kier alpha value is -11.5. The molecule has 4 aliphatic heterocycles. The first kappa shape index (κ1) is 101. The van der Waals surface area contributed by atoms with Gasteiger partial charge in [-0.15, -0.1) is 15.2 Å². The fourth-order valence-corrected chi connectivity index (χ4v) is 13.1. The van der Waals surface area contributed by atoms with Crippen LogP contribution in [0.1, 0.15) is 115 Å². The van der Waals surface area contributed by atoms with Gasteiger partial charge >= 0.3 is 77.0 Å². The summed E-state index contributed by atoms with van der Waals surface area (Å²) in [6.45, 7) is 13.4. The molecule has 0 radical (unpaired) electrons. The summed E-state index contributed by atoms with van der Waals surface area (Å²) in [5, 5.41) is 64.7. The van der Waals surface area contributed by atoms with Crippen LogP contribution in [0.3, 0.4) is 0 Å². The second-order valence-electron chi connectivity index (χ2n) is 23.3. The van der Waals surface area contributed by atoms with E-state index < -0.39 is 140 Å². The average Bonchev–Trinajstić information content (AvgIpc) is 1.66. The van der Waals surface area contributed by atoms with E-state index in [-0.39, 0.29) is 181 Å². The van der Waals surface area contributed by atoms with Gasteiger partial charge in [0.2, 0.25) is 0 Å². The Morgan fingerprint density at radius 1 is 0.475 bits per heavy atom. The fourth-order valence-electron chi connectivity index (χ4n) is 9.84. The summed E-state index contributed by atoms with van der Waals surface area (Å²) in [7, 11) is -7.12. The Morgan fingerprint density at radius 3 is 1.24 bits per heavy atom. The van der Waals surface area contributed by atoms with E-state index in [1.165, 1.54) is 76.2 Å². The number of nitrogens with one attached hydrogen (secondary N) is 3. The van der Waals surface area contributed by atoms with Gasteiger partial charge in [-0.1, -0.05) is 34.4 Å². The first-order chi connectivity index (χ1) is 54.9. The minimum absolute atomic E-state index is 0. The molecule has 2 atom stereocenters. The number of nitro groups is 4. The van der Waals surface area contributed by atoms with Crippen LogP contribution in [-0.4, -0.2) is 225 Å². The van der Waals surface area contributed by atoms with Crippen molar-refractivity contribution in [1.29, 1.82) is 0 Å². The predicted molar refractivity (Wildman–Crippen MR) is 397 cm³/mol. The van der Waals surface area contributed by atoms with Gasteiger partial charge in [-0.3, -0.25) is 97.6 Å². The van der Waals surface area contributed by atoms with E-state index >= 15 is 0 Å². The molecule has 4 fully saturated rings. The molecular weight excluding hydrogens is 1680 g/mol. The molecule has 0 bridgehead atoms. The number of benzene rings is 4. The van der Waals surface area contributed by atoms with Gasteiger partial charge in [0, 0.05) is 101 Å². The predicted octanol–water partition coefficient (Wildman–Crippen LogP) is -0.837. The van der Waals surface area contributed by atoms with Crippen LogP contribution in [0.15, 0.2) is 93.3 Å². The van der Waals surface area contributed by atoms with Crippen molar-refractivity contribution < 1.29 is 204 Å². The molecule has 0 saturated carbocycles. The first-order valence-electron chi connectivity index (χ1n) is 33.4. The smallest absolute Gasteiger partial charge is 1.00 e. The van der Waals surface area contributed by atoms with Crippen LogP contribution in [0, 0.1) is 40.5 Å². The number of unbranched alkanes of at least 4 members (excludes halogenated alkanes) is 4. The molecule has 0 spiro atoms. The molecule has 8 rings (SSSR count). The molecule has 0 aliphatic carbocycles. The van der Waals surface area contributed by atoms with Gasteiger partial charge in [0.15, 0.2) is 21.9 Å². The topological polar surface area (TPSA) is 678 Å². The number of hydroxylamine groups is 8. The number of anilines is 2. The molecule has 49 nitrogen and oxygen atoms in total. The second-order valence-corrected chi connectivity index (χ2v) is 29.2. The number of hydrogen-bond acceptors (Lipinski definition) is 36. The van der Waals surface area contributed by atoms with E-state index in [2.05, 4.69) is 92.1 Å². The van der Waals surface area contributed by atoms with Crippen molar-refractivity contribution in [3.63, 3.8) is 0 Å². The zero-order valence-electron chi connectivity index (χ0n) is 64.4. The van der Waals surface area contributed by atoms with E-state index in [1.54, 1.807) is 12.1 Å². The van der Waals surface area contributed by atoms with Gasteiger partial charge in [0.05, 0.1) is 56.7 Å². The largest absolute Gasteiger partial charge is 1.00 e. The van der Waals surface area contributed by atoms with Crippen LogP contribution < -0.4 is 75.1 Å². The van der Waals surface area contributed by atoms with Gasteiger partial charge < -0.3 is 33.3 Å². The van der Waals surface area contributed by atoms with Crippen LogP contribution >= 0.6 is 21.6 Å². The average molecular weight is 1750 g/mol. The molecule has 55 heteroatoms. The Kier molecular flexibility index (Phi) is 42.3. The van der Waals surface area contributed by atoms with E-state index in [0.29, 0.717) is 84.6 Å². The molecule has 9 amide bonds. The molecule has 4 aliphatic rings. The quantitative estimate of drug-likeness (QED) is 0.00349. The number of rotatable bonds is 38. The van der Waals surface area contributed by atoms with Crippen LogP contribution in [0.25, 0.3) is 0 Å². The summed E-state index contributed by atoms with van der Waals surface area (Å²) in [5.74, 6) is -9.34. The van der Waals surface area contributed by atoms with Crippen LogP contribution in [0.4, 0.5) is 56.9 Å². The van der Waals surface area contributed by atoms with E-state index in [4.69, 9.17) is 18.8 Å². The summed E-state index contributed by atoms with van der Waals surface area (Å²) in [5.41, 5.74) is 0.937. The number of nitro benzene ring substituents is 4. The molecule has 2 unspecified atom stereocenters. The van der Waals surface area contributed by atoms with Crippen molar-refractivity contribution >= 4 is 197 Å². The monoisotopic (exact) mass is 1750 g/mol. The summed E-state index contributed by atoms with van der Waals surface area (Å²) in [6.07, 6.45) is 1.54. The van der Waals surface area contributed by atoms with Gasteiger partial charge in [-0.05, 0) is 74.2 Å². The third-order valence-electron chi connectivity index (χ3n) is 15.3. The summed E-state index contributed by atoms with van der Waals surface area (Å²) in [6, 6.07) is 16.4. The van der Waals surface area contributed by atoms with E-state index in [0.717, 1.165) is 6.07 Å². The SMILES string of the molecule is C=[N+]=Nc1ccc(NCCCCCC(=O)ON2C(=O)CC(S(=O)(=O)O)C2=O)c([N+](=O)[O-])c1.C=[N+]=Nc1ccc(NCCCCCC(=O)ON2C(=O)CCC2=O)c([N+](=O)[O-])c1.C=[N+]=Nc1ccc([N+](=O)[O-])c(C(=O)NCCSSCCC(=O)ON2C(=O)CC(S(=O)(=O)O)C2=O)c1.C=[N+]=Nc1ccc([N+](=O)[O-])c(CON2C(=O)CCC2=O)c1.[H-].[H-].[Na+].[Na+]. The first-order valence-corrected chi connectivity index (χ1v) is 38.9. The number of hydrogen-bond donors (Lipinski definition) is 5. The van der Waals surface area contributed by atoms with E-state index in [1.807, 2.05) is 0 Å². The number of carbonyl (C=O) groups excluding carboxylic acids is 12. The fraction of sp³-hybridized carbons (Fsp3) is 0.365. The molecule has 5 N–H and O–H groups in total. The number of amides is 9. The van der Waals surface area contributed by atoms with Gasteiger partial charge in [-0.25, -0.2) is 14.4 Å². The Bertz CT molecular complexity index is 4990. The number of carbonyl (C=O) groups is 12. The van der Waals surface area contributed by atoms with Gasteiger partial charge in [0.1, 0.15) is 55.4 Å². The van der Waals surface area contributed by atoms with E-state index in [9.17, 15) is 115 Å². The zero-order chi connectivity index (χ0) is 86.0. The molecule has 620 valence electrons. The maximum Gasteiger partial charge on any atom is 1.00 e. The molecule has 0 aromatic heterocycles. The molecule has 4 heterocycles. The van der Waals surface area contributed by atoms with Crippen LogP contribution in [0.5, 0.6) is 0 Å². The maximum absolute atomic E-state index is 12.3. The minimum Gasteiger partial charge on any atom is -1.00 e. The van der Waals surface area contributed by atoms with Gasteiger partial charge in [0.25, 0.3) is 123 Å². The molecule has 4 aromatic carbocycles. The minimum atomic E-state index is -4.80. The van der Waals surface area contributed by atoms with Crippen molar-refractivity contribution in [2.75, 3.05) is 41.8 Å². The standard InChI is InChI=1S/C17H17N5O10S3.C17H19N5O9S.C17H19N5O6.C12H11N4O5.2Na.2H/c1-18-20-10-2-3-12(22(27)28)11(8-10)16(25)19-5-7-34-33-6-4-15(24)32-21-14(23)9-13(17(21)26)35(29,30)31;1-18-20-11-6-7-12(13(9-11)22(26)27)19-8-4-2-3-5-16(24)31-21-15(23)10-14(17(21)25)32(28,29)30;1-18-20-12-6-7-13(14(11-12)22(26)27)19-10-4-2-3-5-17(25)28-21-15(23)8-9-16(21)24;1-13-14-9-2-3-10(16(19)20)8(6-9)7-21-15-11(17)4-5-12(15)18;;;;/h2-3,8,13H,1,4-7,9H2,(H-,19,25,29,30,31);6-7,9,14H,1-5,8,10H2,(H,28,29,30);6-7,11H,1-5,8-10H2;2-3,6H,1,4-5,7H2;;;;/q;;;3*+1;2*-1/p+3. The normalized spacial score (nSPS) is 14.6. The summed E-state index contributed by atoms with van der Waals surface area (Å²) >= 11 is 0. The Labute approximate surface area is 720 Å². The number of imide groups is 4. The van der Waals surface area contributed by atoms with Crippen LogP contribution in [0.2, 0.25) is 0 Å². The van der Waals surface area contributed by atoms with Crippen molar-refractivity contribution in [3.05, 3.63) is 124 Å². The van der Waals surface area contributed by atoms with Crippen molar-refractivity contribution in [3.8, 4) is 0 Å². The van der Waals surface area contributed by atoms with Crippen molar-refractivity contribution in [2.24, 2.45) is 20.5 Å². The Balaban J connectivity index is 0.000000802.